The molecule has 1 aromatic carbocycles. The summed E-state index contributed by atoms with van der Waals surface area (Å²) in [5, 5.41) is 5.64. The van der Waals surface area contributed by atoms with E-state index in [2.05, 4.69) is 48.8 Å². The highest BCUT2D eigenvalue weighted by Gasteiger charge is 2.09. The van der Waals surface area contributed by atoms with Gasteiger partial charge in [0.15, 0.2) is 0 Å². The first-order valence-corrected chi connectivity index (χ1v) is 7.05. The molecule has 1 unspecified atom stereocenters. The predicted octanol–water partition coefficient (Wildman–Crippen LogP) is 5.14. The molecule has 0 radical (unpaired) electrons. The van der Waals surface area contributed by atoms with Gasteiger partial charge >= 0.3 is 0 Å². The third-order valence-electron chi connectivity index (χ3n) is 2.86. The van der Waals surface area contributed by atoms with E-state index in [9.17, 15) is 0 Å². The van der Waals surface area contributed by atoms with Crippen molar-refractivity contribution in [3.8, 4) is 0 Å². The van der Waals surface area contributed by atoms with Gasteiger partial charge in [-0.25, -0.2) is 0 Å². The van der Waals surface area contributed by atoms with Crippen molar-refractivity contribution >= 4 is 28.6 Å². The summed E-state index contributed by atoms with van der Waals surface area (Å²) in [5.74, 6) is 0. The zero-order valence-electron chi connectivity index (χ0n) is 10.0. The zero-order chi connectivity index (χ0) is 12.3. The van der Waals surface area contributed by atoms with E-state index in [1.165, 1.54) is 16.8 Å². The average molecular weight is 266 g/mol. The molecule has 2 aromatic rings. The topological polar surface area (TPSA) is 12.0 Å². The van der Waals surface area contributed by atoms with Gasteiger partial charge in [-0.1, -0.05) is 36.7 Å². The number of hydrogen-bond acceptors (Lipinski definition) is 2. The lowest BCUT2D eigenvalue weighted by molar-refractivity contribution is 0.885. The fraction of sp³-hybridized carbons (Fsp3) is 0.286. The van der Waals surface area contributed by atoms with E-state index in [1.54, 1.807) is 11.3 Å². The first-order valence-electron chi connectivity index (χ1n) is 5.79. The summed E-state index contributed by atoms with van der Waals surface area (Å²) in [5.41, 5.74) is 3.80. The van der Waals surface area contributed by atoms with Crippen molar-refractivity contribution in [1.29, 1.82) is 0 Å². The largest absolute Gasteiger partial charge is 0.378 e. The molecular weight excluding hydrogens is 250 g/mol. The van der Waals surface area contributed by atoms with E-state index >= 15 is 0 Å². The predicted molar refractivity (Wildman–Crippen MR) is 77.2 cm³/mol. The monoisotopic (exact) mass is 265 g/mol. The van der Waals surface area contributed by atoms with Gasteiger partial charge in [-0.15, -0.1) is 11.3 Å². The van der Waals surface area contributed by atoms with Crippen LogP contribution in [0.4, 0.5) is 5.69 Å². The fourth-order valence-corrected chi connectivity index (χ4v) is 2.82. The van der Waals surface area contributed by atoms with Crippen LogP contribution in [0, 0.1) is 0 Å². The summed E-state index contributed by atoms with van der Waals surface area (Å²) >= 11 is 7.54. The van der Waals surface area contributed by atoms with Gasteiger partial charge in [-0.05, 0) is 42.0 Å². The first-order chi connectivity index (χ1) is 8.20. The lowest BCUT2D eigenvalue weighted by Gasteiger charge is -2.16. The van der Waals surface area contributed by atoms with E-state index in [0.717, 1.165) is 10.8 Å². The van der Waals surface area contributed by atoms with Crippen LogP contribution in [0.3, 0.4) is 0 Å². The lowest BCUT2D eigenvalue weighted by Crippen LogP contribution is -2.07. The number of para-hydroxylation sites is 1. The third-order valence-corrected chi connectivity index (χ3v) is 3.97. The van der Waals surface area contributed by atoms with Crippen LogP contribution in [-0.2, 0) is 6.42 Å². The van der Waals surface area contributed by atoms with Gasteiger partial charge in [0.25, 0.3) is 0 Å². The molecule has 1 nitrogen and oxygen atoms in total. The van der Waals surface area contributed by atoms with E-state index in [1.807, 2.05) is 6.07 Å². The molecule has 17 heavy (non-hydrogen) atoms. The fourth-order valence-electron chi connectivity index (χ4n) is 1.84. The molecule has 1 atom stereocenters. The lowest BCUT2D eigenvalue weighted by atomic mass is 10.1. The van der Waals surface area contributed by atoms with Gasteiger partial charge in [0, 0.05) is 11.7 Å². The molecule has 1 heterocycles. The summed E-state index contributed by atoms with van der Waals surface area (Å²) in [7, 11) is 0. The molecule has 0 spiro atoms. The van der Waals surface area contributed by atoms with Crippen LogP contribution < -0.4 is 5.32 Å². The summed E-state index contributed by atoms with van der Waals surface area (Å²) in [6.07, 6.45) is 1.04. The second-order valence-corrected chi connectivity index (χ2v) is 5.60. The number of rotatable bonds is 4. The Morgan fingerprint density at radius 1 is 1.35 bits per heavy atom. The maximum atomic E-state index is 5.96. The van der Waals surface area contributed by atoms with Crippen LogP contribution in [0.1, 0.15) is 31.0 Å². The van der Waals surface area contributed by atoms with Crippen LogP contribution in [0.2, 0.25) is 4.34 Å². The smallest absolute Gasteiger partial charge is 0.0931 e. The quantitative estimate of drug-likeness (QED) is 0.807. The molecular formula is C14H16ClNS. The molecule has 0 amide bonds. The van der Waals surface area contributed by atoms with Crippen molar-refractivity contribution in [3.05, 3.63) is 51.2 Å². The molecule has 1 aromatic heterocycles. The summed E-state index contributed by atoms with van der Waals surface area (Å²) < 4.78 is 0.845. The molecule has 0 aliphatic carbocycles. The minimum atomic E-state index is 0.284. The average Bonchev–Trinajstić information content (AvgIpc) is 2.77. The van der Waals surface area contributed by atoms with Crippen molar-refractivity contribution in [1.82, 2.24) is 0 Å². The van der Waals surface area contributed by atoms with Gasteiger partial charge in [0.2, 0.25) is 0 Å². The standard InChI is InChI=1S/C14H16ClNS/c1-3-11-6-4-5-7-13(11)16-10(2)12-8-14(15)17-9-12/h4-10,16H,3H2,1-2H3. The molecule has 0 fully saturated rings. The number of thiophene rings is 1. The Kier molecular flexibility index (Phi) is 4.08. The van der Waals surface area contributed by atoms with Gasteiger partial charge in [-0.2, -0.15) is 0 Å². The highest BCUT2D eigenvalue weighted by molar-refractivity contribution is 7.14. The minimum absolute atomic E-state index is 0.284. The van der Waals surface area contributed by atoms with Crippen LogP contribution in [0.5, 0.6) is 0 Å². The van der Waals surface area contributed by atoms with Gasteiger partial charge in [-0.3, -0.25) is 0 Å². The number of anilines is 1. The zero-order valence-corrected chi connectivity index (χ0v) is 11.6. The van der Waals surface area contributed by atoms with Gasteiger partial charge in [0.05, 0.1) is 4.34 Å². The van der Waals surface area contributed by atoms with Crippen LogP contribution in [0.15, 0.2) is 35.7 Å². The van der Waals surface area contributed by atoms with Crippen molar-refractivity contribution in [3.63, 3.8) is 0 Å². The number of halogens is 1. The molecule has 0 bridgehead atoms. The Balaban J connectivity index is 2.15. The second-order valence-electron chi connectivity index (χ2n) is 4.06. The highest BCUT2D eigenvalue weighted by Crippen LogP contribution is 2.28. The number of aryl methyl sites for hydroxylation is 1. The molecule has 1 N–H and O–H groups in total. The van der Waals surface area contributed by atoms with E-state index in [4.69, 9.17) is 11.6 Å². The number of hydrogen-bond donors (Lipinski definition) is 1. The molecule has 90 valence electrons. The summed E-state index contributed by atoms with van der Waals surface area (Å²) in [6, 6.07) is 10.7. The SMILES string of the molecule is CCc1ccccc1NC(C)c1csc(Cl)c1. The Hall–Kier alpha value is -0.990. The first kappa shape index (κ1) is 12.5. The normalized spacial score (nSPS) is 12.4. The Morgan fingerprint density at radius 2 is 2.12 bits per heavy atom. The van der Waals surface area contributed by atoms with Crippen LogP contribution >= 0.6 is 22.9 Å². The van der Waals surface area contributed by atoms with Gasteiger partial charge < -0.3 is 5.32 Å². The molecule has 0 aliphatic heterocycles. The Labute approximate surface area is 111 Å². The minimum Gasteiger partial charge on any atom is -0.378 e. The van der Waals surface area contributed by atoms with Crippen molar-refractivity contribution in [2.75, 3.05) is 5.32 Å². The maximum Gasteiger partial charge on any atom is 0.0931 e. The Morgan fingerprint density at radius 3 is 2.76 bits per heavy atom. The van der Waals surface area contributed by atoms with E-state index in [0.29, 0.717) is 0 Å². The van der Waals surface area contributed by atoms with Crippen molar-refractivity contribution in [2.45, 2.75) is 26.3 Å². The maximum absolute atomic E-state index is 5.96. The van der Waals surface area contributed by atoms with Gasteiger partial charge in [0.1, 0.15) is 0 Å². The molecule has 3 heteroatoms. The number of benzene rings is 1. The van der Waals surface area contributed by atoms with Crippen LogP contribution in [0.25, 0.3) is 0 Å². The molecule has 0 saturated heterocycles. The second kappa shape index (κ2) is 5.56. The van der Waals surface area contributed by atoms with Crippen molar-refractivity contribution < 1.29 is 0 Å². The third kappa shape index (κ3) is 3.02. The van der Waals surface area contributed by atoms with Crippen molar-refractivity contribution in [2.24, 2.45) is 0 Å². The number of nitrogens with one attached hydrogen (secondary N) is 1. The summed E-state index contributed by atoms with van der Waals surface area (Å²) in [6.45, 7) is 4.33. The highest BCUT2D eigenvalue weighted by atomic mass is 35.5. The Bertz CT molecular complexity index is 492. The van der Waals surface area contributed by atoms with E-state index < -0.39 is 0 Å². The molecule has 2 rings (SSSR count). The molecule has 0 aliphatic rings. The molecule has 0 saturated carbocycles. The summed E-state index contributed by atoms with van der Waals surface area (Å²) in [4.78, 5) is 0. The van der Waals surface area contributed by atoms with Crippen LogP contribution in [-0.4, -0.2) is 0 Å². The van der Waals surface area contributed by atoms with E-state index in [-0.39, 0.29) is 6.04 Å².